The Morgan fingerprint density at radius 3 is 2.52 bits per heavy atom. The molecule has 1 aromatic carbocycles. The second kappa shape index (κ2) is 10.2. The zero-order valence-electron chi connectivity index (χ0n) is 12.6. The first-order valence-corrected chi connectivity index (χ1v) is 7.16. The van der Waals surface area contributed by atoms with Crippen LogP contribution in [0.3, 0.4) is 0 Å². The summed E-state index contributed by atoms with van der Waals surface area (Å²) in [4.78, 5) is 29.8. The van der Waals surface area contributed by atoms with E-state index in [1.165, 1.54) is 4.90 Å². The van der Waals surface area contributed by atoms with Crippen molar-refractivity contribution in [2.45, 2.75) is 0 Å². The number of nitrogens with zero attached hydrogens (tertiary/aromatic N) is 2. The van der Waals surface area contributed by atoms with Crippen molar-refractivity contribution in [3.8, 4) is 0 Å². The number of halogens is 1. The number of anilines is 1. The summed E-state index contributed by atoms with van der Waals surface area (Å²) >= 11 is 5.91. The fourth-order valence-corrected chi connectivity index (χ4v) is 1.77. The first-order valence-electron chi connectivity index (χ1n) is 6.79. The van der Waals surface area contributed by atoms with Crippen molar-refractivity contribution in [2.24, 2.45) is 5.16 Å². The predicted molar refractivity (Wildman–Crippen MR) is 91.5 cm³/mol. The lowest BCUT2D eigenvalue weighted by molar-refractivity contribution is -0.135. The third-order valence-corrected chi connectivity index (χ3v) is 2.95. The molecule has 0 atom stereocenters. The molecule has 0 saturated carbocycles. The van der Waals surface area contributed by atoms with Crippen LogP contribution in [0.25, 0.3) is 0 Å². The van der Waals surface area contributed by atoms with Crippen molar-refractivity contribution in [3.63, 3.8) is 0 Å². The fraction of sp³-hybridized carbons (Fsp3) is 0.188. The van der Waals surface area contributed by atoms with E-state index in [1.807, 2.05) is 0 Å². The number of nitrogens with one attached hydrogen (secondary N) is 1. The highest BCUT2D eigenvalue weighted by Gasteiger charge is 2.10. The molecule has 23 heavy (non-hydrogen) atoms. The van der Waals surface area contributed by atoms with E-state index in [1.54, 1.807) is 36.4 Å². The molecule has 0 aliphatic carbocycles. The Balaban J connectivity index is 2.42. The molecule has 1 aromatic rings. The van der Waals surface area contributed by atoms with Crippen LogP contribution in [0.1, 0.15) is 0 Å². The maximum Gasteiger partial charge on any atom is 0.270 e. The van der Waals surface area contributed by atoms with Crippen molar-refractivity contribution in [2.75, 3.05) is 25.0 Å². The third kappa shape index (κ3) is 6.80. The molecule has 6 nitrogen and oxygen atoms in total. The molecule has 2 amide bonds. The SMILES string of the molecule is C=CCN(CC=C)C(=O)CO/N=C/C(=O)Nc1ccccc1Cl. The highest BCUT2D eigenvalue weighted by molar-refractivity contribution is 6.36. The van der Waals surface area contributed by atoms with E-state index in [0.717, 1.165) is 6.21 Å². The van der Waals surface area contributed by atoms with Crippen LogP contribution in [0.5, 0.6) is 0 Å². The Hall–Kier alpha value is -2.60. The number of hydrogen-bond acceptors (Lipinski definition) is 4. The lowest BCUT2D eigenvalue weighted by Crippen LogP contribution is -2.33. The van der Waals surface area contributed by atoms with Crippen LogP contribution in [0.2, 0.25) is 5.02 Å². The number of carbonyl (C=O) groups excluding carboxylic acids is 2. The van der Waals surface area contributed by atoms with Crippen molar-refractivity contribution < 1.29 is 14.4 Å². The van der Waals surface area contributed by atoms with E-state index in [9.17, 15) is 9.59 Å². The molecular formula is C16H18ClN3O3. The lowest BCUT2D eigenvalue weighted by atomic mass is 10.3. The average Bonchev–Trinajstić information content (AvgIpc) is 2.53. The smallest absolute Gasteiger partial charge is 0.270 e. The number of hydrogen-bond donors (Lipinski definition) is 1. The molecule has 0 heterocycles. The van der Waals surface area contributed by atoms with Gasteiger partial charge in [-0.15, -0.1) is 13.2 Å². The first kappa shape index (κ1) is 18.4. The molecular weight excluding hydrogens is 318 g/mol. The van der Waals surface area contributed by atoms with E-state index >= 15 is 0 Å². The molecule has 0 aliphatic heterocycles. The summed E-state index contributed by atoms with van der Waals surface area (Å²) in [5, 5.41) is 6.41. The number of rotatable bonds is 9. The van der Waals surface area contributed by atoms with Gasteiger partial charge in [-0.25, -0.2) is 0 Å². The maximum atomic E-state index is 11.8. The van der Waals surface area contributed by atoms with Gasteiger partial charge < -0.3 is 15.1 Å². The quantitative estimate of drug-likeness (QED) is 0.428. The highest BCUT2D eigenvalue weighted by atomic mass is 35.5. The molecule has 0 radical (unpaired) electrons. The molecule has 122 valence electrons. The van der Waals surface area contributed by atoms with Gasteiger partial charge in [-0.05, 0) is 12.1 Å². The average molecular weight is 336 g/mol. The summed E-state index contributed by atoms with van der Waals surface area (Å²) in [6.07, 6.45) is 4.13. The van der Waals surface area contributed by atoms with E-state index < -0.39 is 5.91 Å². The van der Waals surface area contributed by atoms with Crippen molar-refractivity contribution in [3.05, 3.63) is 54.6 Å². The van der Waals surface area contributed by atoms with Gasteiger partial charge in [0.05, 0.1) is 10.7 Å². The summed E-state index contributed by atoms with van der Waals surface area (Å²) < 4.78 is 0. The predicted octanol–water partition coefficient (Wildman–Crippen LogP) is 2.48. The molecule has 1 rings (SSSR count). The first-order chi connectivity index (χ1) is 11.1. The van der Waals surface area contributed by atoms with Gasteiger partial charge in [0.25, 0.3) is 11.8 Å². The molecule has 7 heteroatoms. The fourth-order valence-electron chi connectivity index (χ4n) is 1.59. The molecule has 0 bridgehead atoms. The molecule has 0 spiro atoms. The second-order valence-corrected chi connectivity index (χ2v) is 4.76. The van der Waals surface area contributed by atoms with Gasteiger partial charge in [-0.1, -0.05) is 41.0 Å². The van der Waals surface area contributed by atoms with Gasteiger partial charge in [0, 0.05) is 13.1 Å². The summed E-state index contributed by atoms with van der Waals surface area (Å²) in [6, 6.07) is 6.79. The molecule has 0 fully saturated rings. The normalized spacial score (nSPS) is 10.1. The van der Waals surface area contributed by atoms with Crippen molar-refractivity contribution >= 4 is 35.3 Å². The van der Waals surface area contributed by atoms with Gasteiger partial charge in [-0.3, -0.25) is 9.59 Å². The zero-order valence-corrected chi connectivity index (χ0v) is 13.3. The minimum absolute atomic E-state index is 0.280. The molecule has 1 N–H and O–H groups in total. The van der Waals surface area contributed by atoms with E-state index in [0.29, 0.717) is 23.8 Å². The van der Waals surface area contributed by atoms with Gasteiger partial charge in [-0.2, -0.15) is 0 Å². The molecule has 0 aromatic heterocycles. The number of oxime groups is 1. The molecule has 0 unspecified atom stereocenters. The van der Waals surface area contributed by atoms with Crippen LogP contribution < -0.4 is 5.32 Å². The Morgan fingerprint density at radius 2 is 1.91 bits per heavy atom. The Labute approximate surface area is 140 Å². The third-order valence-electron chi connectivity index (χ3n) is 2.62. The molecule has 0 saturated heterocycles. The van der Waals surface area contributed by atoms with E-state index in [2.05, 4.69) is 23.6 Å². The molecule has 0 aliphatic rings. The van der Waals surface area contributed by atoms with Crippen LogP contribution in [-0.2, 0) is 14.4 Å². The van der Waals surface area contributed by atoms with E-state index in [4.69, 9.17) is 16.4 Å². The van der Waals surface area contributed by atoms with Gasteiger partial charge in [0.15, 0.2) is 6.61 Å². The summed E-state index contributed by atoms with van der Waals surface area (Å²) in [6.45, 7) is 7.62. The lowest BCUT2D eigenvalue weighted by Gasteiger charge is -2.18. The minimum atomic E-state index is -0.514. The maximum absolute atomic E-state index is 11.8. The Kier molecular flexibility index (Phi) is 8.17. The van der Waals surface area contributed by atoms with Crippen molar-refractivity contribution in [1.82, 2.24) is 4.90 Å². The monoisotopic (exact) mass is 335 g/mol. The second-order valence-electron chi connectivity index (χ2n) is 4.35. The minimum Gasteiger partial charge on any atom is -0.386 e. The van der Waals surface area contributed by atoms with Gasteiger partial charge in [0.2, 0.25) is 0 Å². The topological polar surface area (TPSA) is 71.0 Å². The highest BCUT2D eigenvalue weighted by Crippen LogP contribution is 2.19. The standard InChI is InChI=1S/C16H18ClN3O3/c1-3-9-20(10-4-2)16(22)12-23-18-11-15(21)19-14-8-6-5-7-13(14)17/h3-8,11H,1-2,9-10,12H2,(H,19,21)/b18-11+. The van der Waals surface area contributed by atoms with Crippen LogP contribution in [-0.4, -0.2) is 42.6 Å². The van der Waals surface area contributed by atoms with Crippen LogP contribution in [0.4, 0.5) is 5.69 Å². The number of amides is 2. The summed E-state index contributed by atoms with van der Waals surface area (Å²) in [5.74, 6) is -0.798. The summed E-state index contributed by atoms with van der Waals surface area (Å²) in [7, 11) is 0. The zero-order chi connectivity index (χ0) is 17.1. The van der Waals surface area contributed by atoms with Gasteiger partial charge in [0.1, 0.15) is 6.21 Å². The van der Waals surface area contributed by atoms with Gasteiger partial charge >= 0.3 is 0 Å². The van der Waals surface area contributed by atoms with Crippen LogP contribution >= 0.6 is 11.6 Å². The number of carbonyl (C=O) groups is 2. The Morgan fingerprint density at radius 1 is 1.26 bits per heavy atom. The summed E-state index contributed by atoms with van der Waals surface area (Å²) in [5.41, 5.74) is 0.463. The van der Waals surface area contributed by atoms with Crippen molar-refractivity contribution in [1.29, 1.82) is 0 Å². The number of para-hydroxylation sites is 1. The van der Waals surface area contributed by atoms with E-state index in [-0.39, 0.29) is 12.5 Å². The van der Waals surface area contributed by atoms with Crippen LogP contribution in [0, 0.1) is 0 Å². The Bertz CT molecular complexity index is 592. The largest absolute Gasteiger partial charge is 0.386 e. The van der Waals surface area contributed by atoms with Crippen LogP contribution in [0.15, 0.2) is 54.7 Å². The number of benzene rings is 1.